The zero-order chi connectivity index (χ0) is 13.5. The fourth-order valence-corrected chi connectivity index (χ4v) is 3.25. The molecule has 0 aromatic heterocycles. The van der Waals surface area contributed by atoms with E-state index in [1.807, 2.05) is 42.1 Å². The van der Waals surface area contributed by atoms with Crippen molar-refractivity contribution in [1.82, 2.24) is 5.32 Å². The summed E-state index contributed by atoms with van der Waals surface area (Å²) >= 11 is 1.89. The van der Waals surface area contributed by atoms with Gasteiger partial charge in [0, 0.05) is 11.3 Å². The van der Waals surface area contributed by atoms with Crippen LogP contribution in [0.1, 0.15) is 31.2 Å². The molecule has 1 aromatic rings. The number of carbonyl (C=O) groups is 1. The van der Waals surface area contributed by atoms with Crippen LogP contribution >= 0.6 is 11.8 Å². The molecular weight excluding hydrogens is 258 g/mol. The first-order valence-electron chi connectivity index (χ1n) is 6.78. The van der Waals surface area contributed by atoms with Crippen LogP contribution in [0.15, 0.2) is 30.3 Å². The zero-order valence-corrected chi connectivity index (χ0v) is 12.1. The summed E-state index contributed by atoms with van der Waals surface area (Å²) in [6.45, 7) is 0.339. The highest BCUT2D eigenvalue weighted by Gasteiger charge is 2.22. The summed E-state index contributed by atoms with van der Waals surface area (Å²) in [7, 11) is 0. The van der Waals surface area contributed by atoms with Gasteiger partial charge in [-0.15, -0.1) is 0 Å². The van der Waals surface area contributed by atoms with Gasteiger partial charge in [-0.25, -0.2) is 4.79 Å². The van der Waals surface area contributed by atoms with Crippen LogP contribution in [0.3, 0.4) is 0 Å². The third-order valence-corrected chi connectivity index (χ3v) is 4.59. The molecule has 0 radical (unpaired) electrons. The summed E-state index contributed by atoms with van der Waals surface area (Å²) in [6, 6.07) is 10.0. The van der Waals surface area contributed by atoms with Crippen molar-refractivity contribution in [2.75, 3.05) is 6.26 Å². The number of nitrogens with one attached hydrogen (secondary N) is 1. The van der Waals surface area contributed by atoms with Crippen LogP contribution in [-0.2, 0) is 11.3 Å². The minimum atomic E-state index is -0.296. The molecule has 0 bridgehead atoms. The average Bonchev–Trinajstić information content (AvgIpc) is 2.46. The van der Waals surface area contributed by atoms with E-state index in [1.54, 1.807) is 0 Å². The number of alkyl carbamates (subject to hydrolysis) is 1. The summed E-state index contributed by atoms with van der Waals surface area (Å²) in [5, 5.41) is 3.65. The van der Waals surface area contributed by atoms with Gasteiger partial charge in [0.1, 0.15) is 6.61 Å². The van der Waals surface area contributed by atoms with Crippen LogP contribution in [0, 0.1) is 0 Å². The normalized spacial score (nSPS) is 22.8. The Morgan fingerprint density at radius 3 is 2.89 bits per heavy atom. The second-order valence-corrected chi connectivity index (χ2v) is 6.07. The van der Waals surface area contributed by atoms with E-state index in [4.69, 9.17) is 4.74 Å². The van der Waals surface area contributed by atoms with Crippen LogP contribution in [0.4, 0.5) is 4.79 Å². The number of rotatable bonds is 4. The second kappa shape index (κ2) is 7.43. The molecule has 0 heterocycles. The molecule has 0 aliphatic heterocycles. The first-order valence-corrected chi connectivity index (χ1v) is 8.06. The fraction of sp³-hybridized carbons (Fsp3) is 0.533. The summed E-state index contributed by atoms with van der Waals surface area (Å²) in [6.07, 6.45) is 6.42. The van der Waals surface area contributed by atoms with Gasteiger partial charge in [0.2, 0.25) is 0 Å². The lowest BCUT2D eigenvalue weighted by molar-refractivity contribution is 0.133. The maximum absolute atomic E-state index is 11.7. The highest BCUT2D eigenvalue weighted by Crippen LogP contribution is 2.26. The molecule has 0 spiro atoms. The molecule has 19 heavy (non-hydrogen) atoms. The van der Waals surface area contributed by atoms with E-state index in [0.29, 0.717) is 11.9 Å². The number of ether oxygens (including phenoxy) is 1. The molecule has 2 atom stereocenters. The molecule has 1 saturated carbocycles. The van der Waals surface area contributed by atoms with Crippen LogP contribution < -0.4 is 5.32 Å². The van der Waals surface area contributed by atoms with Gasteiger partial charge in [-0.3, -0.25) is 0 Å². The van der Waals surface area contributed by atoms with E-state index in [9.17, 15) is 4.79 Å². The molecule has 1 N–H and O–H groups in total. The Hall–Kier alpha value is -1.16. The smallest absolute Gasteiger partial charge is 0.407 e. The maximum atomic E-state index is 11.7. The molecule has 1 aliphatic rings. The third-order valence-electron chi connectivity index (χ3n) is 3.49. The van der Waals surface area contributed by atoms with Crippen LogP contribution in [0.25, 0.3) is 0 Å². The van der Waals surface area contributed by atoms with Crippen molar-refractivity contribution in [3.8, 4) is 0 Å². The van der Waals surface area contributed by atoms with E-state index in [2.05, 4.69) is 11.6 Å². The van der Waals surface area contributed by atoms with Crippen molar-refractivity contribution < 1.29 is 9.53 Å². The predicted molar refractivity (Wildman–Crippen MR) is 79.3 cm³/mol. The van der Waals surface area contributed by atoms with E-state index < -0.39 is 0 Å². The maximum Gasteiger partial charge on any atom is 0.407 e. The highest BCUT2D eigenvalue weighted by molar-refractivity contribution is 7.99. The van der Waals surface area contributed by atoms with E-state index in [1.165, 1.54) is 12.8 Å². The number of thioether (sulfide) groups is 1. The van der Waals surface area contributed by atoms with E-state index >= 15 is 0 Å². The predicted octanol–water partition coefficient (Wildman–Crippen LogP) is 3.59. The Labute approximate surface area is 119 Å². The van der Waals surface area contributed by atoms with Crippen LogP contribution in [-0.4, -0.2) is 23.6 Å². The monoisotopic (exact) mass is 279 g/mol. The summed E-state index contributed by atoms with van der Waals surface area (Å²) in [5.41, 5.74) is 1.02. The number of hydrogen-bond acceptors (Lipinski definition) is 3. The second-order valence-electron chi connectivity index (χ2n) is 4.93. The molecule has 4 heteroatoms. The molecular formula is C15H21NO2S. The van der Waals surface area contributed by atoms with Gasteiger partial charge in [-0.05, 0) is 31.1 Å². The van der Waals surface area contributed by atoms with Crippen molar-refractivity contribution in [1.29, 1.82) is 0 Å². The van der Waals surface area contributed by atoms with Gasteiger partial charge >= 0.3 is 6.09 Å². The number of hydrogen-bond donors (Lipinski definition) is 1. The molecule has 2 rings (SSSR count). The number of carbonyl (C=O) groups excluding carboxylic acids is 1. The van der Waals surface area contributed by atoms with E-state index in [-0.39, 0.29) is 12.1 Å². The van der Waals surface area contributed by atoms with Gasteiger partial charge in [-0.1, -0.05) is 36.8 Å². The van der Waals surface area contributed by atoms with Gasteiger partial charge in [0.25, 0.3) is 0 Å². The minimum absolute atomic E-state index is 0.273. The van der Waals surface area contributed by atoms with Gasteiger partial charge in [0.05, 0.1) is 0 Å². The van der Waals surface area contributed by atoms with Crippen molar-refractivity contribution in [3.63, 3.8) is 0 Å². The average molecular weight is 279 g/mol. The molecule has 1 aliphatic carbocycles. The lowest BCUT2D eigenvalue weighted by atomic mass is 9.95. The topological polar surface area (TPSA) is 38.3 Å². The highest BCUT2D eigenvalue weighted by atomic mass is 32.2. The summed E-state index contributed by atoms with van der Waals surface area (Å²) in [4.78, 5) is 11.7. The van der Waals surface area contributed by atoms with Gasteiger partial charge in [0.15, 0.2) is 0 Å². The fourth-order valence-electron chi connectivity index (χ4n) is 2.42. The largest absolute Gasteiger partial charge is 0.445 e. The summed E-state index contributed by atoms with van der Waals surface area (Å²) in [5.74, 6) is 0. The Morgan fingerprint density at radius 2 is 2.16 bits per heavy atom. The SMILES string of the molecule is CS[C@H]1CCC[C@H](NC(=O)OCc2ccccc2)C1. The minimum Gasteiger partial charge on any atom is -0.445 e. The first-order chi connectivity index (χ1) is 9.28. The first kappa shape index (κ1) is 14.3. The Bertz CT molecular complexity index is 396. The molecule has 1 amide bonds. The van der Waals surface area contributed by atoms with Crippen LogP contribution in [0.5, 0.6) is 0 Å². The van der Waals surface area contributed by atoms with E-state index in [0.717, 1.165) is 18.4 Å². The lowest BCUT2D eigenvalue weighted by Crippen LogP contribution is -2.39. The number of benzene rings is 1. The van der Waals surface area contributed by atoms with Crippen molar-refractivity contribution in [2.45, 2.75) is 43.6 Å². The molecule has 1 fully saturated rings. The Balaban J connectivity index is 1.72. The third kappa shape index (κ3) is 4.78. The van der Waals surface area contributed by atoms with Crippen LogP contribution in [0.2, 0.25) is 0 Å². The van der Waals surface area contributed by atoms with Crippen molar-refractivity contribution in [2.24, 2.45) is 0 Å². The summed E-state index contributed by atoms with van der Waals surface area (Å²) < 4.78 is 5.24. The lowest BCUT2D eigenvalue weighted by Gasteiger charge is -2.28. The number of amides is 1. The molecule has 0 saturated heterocycles. The molecule has 0 unspecified atom stereocenters. The Kier molecular flexibility index (Phi) is 5.58. The van der Waals surface area contributed by atoms with Crippen molar-refractivity contribution >= 4 is 17.9 Å². The van der Waals surface area contributed by atoms with Gasteiger partial charge in [-0.2, -0.15) is 11.8 Å². The quantitative estimate of drug-likeness (QED) is 0.915. The molecule has 1 aromatic carbocycles. The molecule has 3 nitrogen and oxygen atoms in total. The Morgan fingerprint density at radius 1 is 1.37 bits per heavy atom. The zero-order valence-electron chi connectivity index (χ0n) is 11.3. The van der Waals surface area contributed by atoms with Crippen molar-refractivity contribution in [3.05, 3.63) is 35.9 Å². The molecule has 104 valence electrons. The van der Waals surface area contributed by atoms with Gasteiger partial charge < -0.3 is 10.1 Å². The standard InChI is InChI=1S/C15H21NO2S/c1-19-14-9-5-8-13(10-14)16-15(17)18-11-12-6-3-2-4-7-12/h2-4,6-7,13-14H,5,8-11H2,1H3,(H,16,17)/t13-,14-/m0/s1.